The van der Waals surface area contributed by atoms with Crippen LogP contribution in [-0.4, -0.2) is 39.8 Å². The Hall–Kier alpha value is -4.40. The zero-order valence-electron chi connectivity index (χ0n) is 21.0. The standard InChI is InChI=1S/C27H29N5O4/c1-6-35-22-15-21(23(36-7-2)14-20(22)29-26(33)18-11-9-8-10-12-18)30-27(34)19-13-16(3)28-25-24(19)17(4)31-32(25)5/h8-15H,6-7H2,1-5H3,(H,29,33)(H,30,34). The van der Waals surface area contributed by atoms with E-state index in [0.29, 0.717) is 69.6 Å². The van der Waals surface area contributed by atoms with Crippen LogP contribution in [0.1, 0.15) is 46.0 Å². The fourth-order valence-corrected chi connectivity index (χ4v) is 4.03. The van der Waals surface area contributed by atoms with Gasteiger partial charge in [-0.25, -0.2) is 4.98 Å². The van der Waals surface area contributed by atoms with Crippen molar-refractivity contribution in [1.82, 2.24) is 14.8 Å². The summed E-state index contributed by atoms with van der Waals surface area (Å²) in [7, 11) is 1.80. The highest BCUT2D eigenvalue weighted by Crippen LogP contribution is 2.38. The molecule has 0 aliphatic heterocycles. The predicted molar refractivity (Wildman–Crippen MR) is 139 cm³/mol. The lowest BCUT2D eigenvalue weighted by molar-refractivity contribution is 0.101. The Morgan fingerprint density at radius 1 is 0.889 bits per heavy atom. The SMILES string of the molecule is CCOc1cc(NC(=O)c2cc(C)nc3c2c(C)nn3C)c(OCC)cc1NC(=O)c1ccccc1. The van der Waals surface area contributed by atoms with Crippen LogP contribution >= 0.6 is 0 Å². The molecule has 0 aliphatic rings. The smallest absolute Gasteiger partial charge is 0.256 e. The molecule has 0 atom stereocenters. The molecule has 186 valence electrons. The van der Waals surface area contributed by atoms with Gasteiger partial charge in [0.15, 0.2) is 5.65 Å². The van der Waals surface area contributed by atoms with E-state index >= 15 is 0 Å². The minimum atomic E-state index is -0.328. The van der Waals surface area contributed by atoms with E-state index in [1.165, 1.54) is 0 Å². The van der Waals surface area contributed by atoms with Crippen LogP contribution in [0.25, 0.3) is 11.0 Å². The molecule has 0 bridgehead atoms. The number of rotatable bonds is 8. The third kappa shape index (κ3) is 5.00. The number of pyridine rings is 1. The maximum Gasteiger partial charge on any atom is 0.256 e. The van der Waals surface area contributed by atoms with Gasteiger partial charge >= 0.3 is 0 Å². The second-order valence-electron chi connectivity index (χ2n) is 8.20. The maximum atomic E-state index is 13.5. The zero-order chi connectivity index (χ0) is 25.8. The summed E-state index contributed by atoms with van der Waals surface area (Å²) in [5, 5.41) is 11.0. The minimum Gasteiger partial charge on any atom is -0.492 e. The lowest BCUT2D eigenvalue weighted by Crippen LogP contribution is -2.16. The number of hydrogen-bond acceptors (Lipinski definition) is 6. The van der Waals surface area contributed by atoms with Crippen LogP contribution in [0.5, 0.6) is 11.5 Å². The van der Waals surface area contributed by atoms with E-state index in [4.69, 9.17) is 9.47 Å². The molecule has 2 aromatic carbocycles. The van der Waals surface area contributed by atoms with Gasteiger partial charge in [-0.3, -0.25) is 14.3 Å². The number of anilines is 2. The number of nitrogens with zero attached hydrogens (tertiary/aromatic N) is 3. The molecule has 0 radical (unpaired) electrons. The number of amides is 2. The molecular formula is C27H29N5O4. The Labute approximate surface area is 209 Å². The Bertz CT molecular complexity index is 1430. The number of fused-ring (bicyclic) bond motifs is 1. The van der Waals surface area contributed by atoms with Gasteiger partial charge in [-0.15, -0.1) is 0 Å². The van der Waals surface area contributed by atoms with Gasteiger partial charge < -0.3 is 20.1 Å². The van der Waals surface area contributed by atoms with Crippen LogP contribution in [0.3, 0.4) is 0 Å². The summed E-state index contributed by atoms with van der Waals surface area (Å²) < 4.78 is 13.3. The summed E-state index contributed by atoms with van der Waals surface area (Å²) in [5.74, 6) is 0.209. The van der Waals surface area contributed by atoms with Crippen molar-refractivity contribution in [2.45, 2.75) is 27.7 Å². The maximum absolute atomic E-state index is 13.5. The summed E-state index contributed by atoms with van der Waals surface area (Å²) in [6, 6.07) is 14.0. The topological polar surface area (TPSA) is 107 Å². The Morgan fingerprint density at radius 2 is 1.47 bits per heavy atom. The molecule has 4 aromatic rings. The van der Waals surface area contributed by atoms with E-state index in [0.717, 1.165) is 0 Å². The molecule has 9 nitrogen and oxygen atoms in total. The van der Waals surface area contributed by atoms with Crippen molar-refractivity contribution in [3.8, 4) is 11.5 Å². The molecule has 2 N–H and O–H groups in total. The van der Waals surface area contributed by atoms with E-state index in [9.17, 15) is 9.59 Å². The summed E-state index contributed by atoms with van der Waals surface area (Å²) in [4.78, 5) is 30.8. The Balaban J connectivity index is 1.72. The molecule has 0 unspecified atom stereocenters. The third-order valence-electron chi connectivity index (χ3n) is 5.56. The highest BCUT2D eigenvalue weighted by Gasteiger charge is 2.21. The first kappa shape index (κ1) is 24.7. The third-order valence-corrected chi connectivity index (χ3v) is 5.56. The van der Waals surface area contributed by atoms with Crippen molar-refractivity contribution in [2.24, 2.45) is 7.05 Å². The van der Waals surface area contributed by atoms with Crippen LogP contribution in [0, 0.1) is 13.8 Å². The van der Waals surface area contributed by atoms with Gasteiger partial charge in [-0.1, -0.05) is 18.2 Å². The van der Waals surface area contributed by atoms with Crippen molar-refractivity contribution in [3.63, 3.8) is 0 Å². The number of aryl methyl sites for hydroxylation is 3. The van der Waals surface area contributed by atoms with Crippen LogP contribution in [0.4, 0.5) is 11.4 Å². The number of carbonyl (C=O) groups is 2. The highest BCUT2D eigenvalue weighted by molar-refractivity contribution is 6.13. The van der Waals surface area contributed by atoms with Crippen molar-refractivity contribution in [3.05, 3.63) is 71.0 Å². The summed E-state index contributed by atoms with van der Waals surface area (Å²) in [5.41, 5.74) is 3.89. The fraction of sp³-hybridized carbons (Fsp3) is 0.259. The number of carbonyl (C=O) groups excluding carboxylic acids is 2. The molecule has 2 aromatic heterocycles. The summed E-state index contributed by atoms with van der Waals surface area (Å²) in [6.07, 6.45) is 0. The number of hydrogen-bond donors (Lipinski definition) is 2. The van der Waals surface area contributed by atoms with Crippen LogP contribution in [0.2, 0.25) is 0 Å². The molecule has 0 aliphatic carbocycles. The average molecular weight is 488 g/mol. The quantitative estimate of drug-likeness (QED) is 0.367. The number of aromatic nitrogens is 3. The first-order valence-corrected chi connectivity index (χ1v) is 11.7. The van der Waals surface area contributed by atoms with Crippen molar-refractivity contribution >= 4 is 34.2 Å². The van der Waals surface area contributed by atoms with Gasteiger partial charge in [0.05, 0.1) is 41.2 Å². The van der Waals surface area contributed by atoms with E-state index < -0.39 is 0 Å². The van der Waals surface area contributed by atoms with Gasteiger partial charge in [0, 0.05) is 30.4 Å². The highest BCUT2D eigenvalue weighted by atomic mass is 16.5. The van der Waals surface area contributed by atoms with E-state index in [-0.39, 0.29) is 11.8 Å². The second-order valence-corrected chi connectivity index (χ2v) is 8.20. The Kier molecular flexibility index (Phi) is 7.19. The van der Waals surface area contributed by atoms with Gasteiger partial charge in [-0.2, -0.15) is 5.10 Å². The number of ether oxygens (including phenoxy) is 2. The summed E-state index contributed by atoms with van der Waals surface area (Å²) in [6.45, 7) is 8.11. The fourth-order valence-electron chi connectivity index (χ4n) is 4.03. The van der Waals surface area contributed by atoms with Gasteiger partial charge in [0.25, 0.3) is 11.8 Å². The minimum absolute atomic E-state index is 0.280. The molecule has 0 saturated heterocycles. The molecule has 9 heteroatoms. The lowest BCUT2D eigenvalue weighted by atomic mass is 10.1. The average Bonchev–Trinajstić information content (AvgIpc) is 3.14. The van der Waals surface area contributed by atoms with Crippen molar-refractivity contribution < 1.29 is 19.1 Å². The number of benzene rings is 2. The predicted octanol–water partition coefficient (Wildman–Crippen LogP) is 4.89. The molecule has 2 amide bonds. The van der Waals surface area contributed by atoms with E-state index in [2.05, 4.69) is 20.7 Å². The second kappa shape index (κ2) is 10.5. The molecule has 0 spiro atoms. The van der Waals surface area contributed by atoms with Crippen molar-refractivity contribution in [2.75, 3.05) is 23.8 Å². The summed E-state index contributed by atoms with van der Waals surface area (Å²) >= 11 is 0. The largest absolute Gasteiger partial charge is 0.492 e. The molecule has 0 saturated carbocycles. The molecular weight excluding hydrogens is 458 g/mol. The van der Waals surface area contributed by atoms with Gasteiger partial charge in [0.2, 0.25) is 0 Å². The zero-order valence-corrected chi connectivity index (χ0v) is 21.0. The monoisotopic (exact) mass is 487 g/mol. The van der Waals surface area contributed by atoms with E-state index in [1.54, 1.807) is 54.2 Å². The molecule has 4 rings (SSSR count). The van der Waals surface area contributed by atoms with Gasteiger partial charge in [0.1, 0.15) is 11.5 Å². The lowest BCUT2D eigenvalue weighted by Gasteiger charge is -2.18. The molecule has 36 heavy (non-hydrogen) atoms. The molecule has 2 heterocycles. The van der Waals surface area contributed by atoms with Crippen LogP contribution < -0.4 is 20.1 Å². The van der Waals surface area contributed by atoms with E-state index in [1.807, 2.05) is 33.8 Å². The first-order chi connectivity index (χ1) is 17.3. The normalized spacial score (nSPS) is 10.8. The van der Waals surface area contributed by atoms with Crippen LogP contribution in [-0.2, 0) is 7.05 Å². The number of nitrogens with one attached hydrogen (secondary N) is 2. The van der Waals surface area contributed by atoms with Gasteiger partial charge in [-0.05, 0) is 45.9 Å². The first-order valence-electron chi connectivity index (χ1n) is 11.7. The van der Waals surface area contributed by atoms with Crippen molar-refractivity contribution in [1.29, 1.82) is 0 Å². The molecule has 0 fully saturated rings. The van der Waals surface area contributed by atoms with Crippen LogP contribution in [0.15, 0.2) is 48.5 Å². The Morgan fingerprint density at radius 3 is 2.06 bits per heavy atom.